The summed E-state index contributed by atoms with van der Waals surface area (Å²) in [5.41, 5.74) is 2.38. The normalized spacial score (nSPS) is 19.1. The molecule has 0 radical (unpaired) electrons. The van der Waals surface area contributed by atoms with Crippen molar-refractivity contribution in [1.82, 2.24) is 4.72 Å². The molecule has 1 aliphatic carbocycles. The number of fused-ring (bicyclic) bond motifs is 2. The highest BCUT2D eigenvalue weighted by Gasteiger charge is 2.29. The molecule has 1 atom stereocenters. The minimum Gasteiger partial charge on any atom is -0.486 e. The predicted octanol–water partition coefficient (Wildman–Crippen LogP) is 3.26. The average Bonchev–Trinajstić information content (AvgIpc) is 2.60. The molecule has 4 rings (SSSR count). The monoisotopic (exact) mass is 377 g/mol. The van der Waals surface area contributed by atoms with E-state index in [-0.39, 0.29) is 10.9 Å². The highest BCUT2D eigenvalue weighted by Crippen LogP contribution is 2.40. The van der Waals surface area contributed by atoms with Crippen LogP contribution < -0.4 is 14.2 Å². The molecule has 0 bridgehead atoms. The van der Waals surface area contributed by atoms with E-state index in [9.17, 15) is 12.8 Å². The van der Waals surface area contributed by atoms with E-state index in [1.54, 1.807) is 6.92 Å². The van der Waals surface area contributed by atoms with Gasteiger partial charge in [0.05, 0.1) is 4.90 Å². The summed E-state index contributed by atoms with van der Waals surface area (Å²) in [5.74, 6) is 0.917. The van der Waals surface area contributed by atoms with Crippen molar-refractivity contribution in [2.75, 3.05) is 13.2 Å². The van der Waals surface area contributed by atoms with E-state index in [1.807, 2.05) is 12.1 Å². The molecule has 2 aliphatic rings. The minimum atomic E-state index is -3.76. The summed E-state index contributed by atoms with van der Waals surface area (Å²) in [7, 11) is -3.76. The van der Waals surface area contributed by atoms with Crippen LogP contribution in [0.15, 0.2) is 35.2 Å². The van der Waals surface area contributed by atoms with Crippen LogP contribution >= 0.6 is 0 Å². The van der Waals surface area contributed by atoms with Gasteiger partial charge in [0.1, 0.15) is 19.0 Å². The van der Waals surface area contributed by atoms with Gasteiger partial charge in [0.25, 0.3) is 0 Å². The molecule has 0 spiro atoms. The number of nitrogens with one attached hydrogen (secondary N) is 1. The van der Waals surface area contributed by atoms with Gasteiger partial charge in [-0.25, -0.2) is 17.5 Å². The molecule has 1 N–H and O–H groups in total. The lowest BCUT2D eigenvalue weighted by atomic mass is 9.88. The Hall–Kier alpha value is -2.12. The first-order valence-electron chi connectivity index (χ1n) is 8.65. The molecule has 0 saturated carbocycles. The second-order valence-corrected chi connectivity index (χ2v) is 8.35. The van der Waals surface area contributed by atoms with Crippen molar-refractivity contribution in [1.29, 1.82) is 0 Å². The lowest BCUT2D eigenvalue weighted by Crippen LogP contribution is -2.31. The second kappa shape index (κ2) is 6.55. The Labute approximate surface area is 152 Å². The molecule has 26 heavy (non-hydrogen) atoms. The molecule has 0 aromatic heterocycles. The zero-order chi connectivity index (χ0) is 18.3. The number of hydrogen-bond donors (Lipinski definition) is 1. The van der Waals surface area contributed by atoms with Crippen LogP contribution in [0, 0.1) is 12.7 Å². The number of ether oxygens (including phenoxy) is 2. The summed E-state index contributed by atoms with van der Waals surface area (Å²) in [4.78, 5) is 0.101. The van der Waals surface area contributed by atoms with Gasteiger partial charge < -0.3 is 9.47 Å². The van der Waals surface area contributed by atoms with Crippen LogP contribution in [-0.4, -0.2) is 21.6 Å². The second-order valence-electron chi connectivity index (χ2n) is 6.67. The third-order valence-electron chi connectivity index (χ3n) is 4.84. The van der Waals surface area contributed by atoms with Gasteiger partial charge in [0, 0.05) is 6.04 Å². The molecule has 5 nitrogen and oxygen atoms in total. The Morgan fingerprint density at radius 3 is 2.58 bits per heavy atom. The van der Waals surface area contributed by atoms with Gasteiger partial charge in [-0.3, -0.25) is 0 Å². The molecule has 1 heterocycles. The predicted molar refractivity (Wildman–Crippen MR) is 94.6 cm³/mol. The van der Waals surface area contributed by atoms with Gasteiger partial charge in [-0.1, -0.05) is 0 Å². The summed E-state index contributed by atoms with van der Waals surface area (Å²) in [6, 6.07) is 7.19. The fourth-order valence-corrected chi connectivity index (χ4v) is 5.10. The third kappa shape index (κ3) is 3.17. The van der Waals surface area contributed by atoms with Crippen LogP contribution in [0.3, 0.4) is 0 Å². The zero-order valence-electron chi connectivity index (χ0n) is 14.4. The van der Waals surface area contributed by atoms with Gasteiger partial charge in [0.2, 0.25) is 10.0 Å². The van der Waals surface area contributed by atoms with E-state index in [0.29, 0.717) is 36.7 Å². The molecule has 1 aliphatic heterocycles. The molecule has 0 fully saturated rings. The first-order chi connectivity index (χ1) is 12.4. The SMILES string of the molecule is Cc1cc(F)ccc1S(=O)(=O)NC1CCCc2cc3c(cc21)OCCO3. The molecule has 7 heteroatoms. The third-order valence-corrected chi connectivity index (χ3v) is 6.47. The maximum absolute atomic E-state index is 13.3. The molecule has 0 amide bonds. The Balaban J connectivity index is 1.67. The molecule has 138 valence electrons. The van der Waals surface area contributed by atoms with E-state index in [1.165, 1.54) is 12.1 Å². The van der Waals surface area contributed by atoms with Gasteiger partial charge >= 0.3 is 0 Å². The standard InChI is InChI=1S/C19H20FNO4S/c1-12-9-14(20)5-6-19(12)26(22,23)21-16-4-2-3-13-10-17-18(11-15(13)16)25-8-7-24-17/h5-6,9-11,16,21H,2-4,7-8H2,1H3. The number of rotatable bonds is 3. The quantitative estimate of drug-likeness (QED) is 0.892. The van der Waals surface area contributed by atoms with E-state index < -0.39 is 15.8 Å². The van der Waals surface area contributed by atoms with Crippen LogP contribution in [0.1, 0.15) is 35.6 Å². The number of hydrogen-bond acceptors (Lipinski definition) is 4. The molecule has 1 unspecified atom stereocenters. The lowest BCUT2D eigenvalue weighted by molar-refractivity contribution is 0.171. The number of halogens is 1. The first-order valence-corrected chi connectivity index (χ1v) is 10.1. The van der Waals surface area contributed by atoms with E-state index >= 15 is 0 Å². The Bertz CT molecular complexity index is 958. The largest absolute Gasteiger partial charge is 0.486 e. The van der Waals surface area contributed by atoms with Crippen LogP contribution in [0.5, 0.6) is 11.5 Å². The zero-order valence-corrected chi connectivity index (χ0v) is 15.2. The van der Waals surface area contributed by atoms with Gasteiger partial charge in [-0.15, -0.1) is 0 Å². The van der Waals surface area contributed by atoms with Crippen LogP contribution in [0.25, 0.3) is 0 Å². The summed E-state index contributed by atoms with van der Waals surface area (Å²) >= 11 is 0. The van der Waals surface area contributed by atoms with Crippen molar-refractivity contribution in [3.8, 4) is 11.5 Å². The van der Waals surface area contributed by atoms with Crippen molar-refractivity contribution in [2.45, 2.75) is 37.1 Å². The van der Waals surface area contributed by atoms with Gasteiger partial charge in [0.15, 0.2) is 11.5 Å². The minimum absolute atomic E-state index is 0.101. The Morgan fingerprint density at radius 1 is 1.12 bits per heavy atom. The summed E-state index contributed by atoms with van der Waals surface area (Å²) < 4.78 is 53.0. The maximum atomic E-state index is 13.3. The van der Waals surface area contributed by atoms with Gasteiger partial charge in [-0.2, -0.15) is 0 Å². The van der Waals surface area contributed by atoms with Crippen molar-refractivity contribution in [2.24, 2.45) is 0 Å². The molecule has 0 saturated heterocycles. The smallest absolute Gasteiger partial charge is 0.241 e. The highest BCUT2D eigenvalue weighted by molar-refractivity contribution is 7.89. The number of aryl methyl sites for hydroxylation is 2. The number of sulfonamides is 1. The van der Waals surface area contributed by atoms with Gasteiger partial charge in [-0.05, 0) is 73.2 Å². The summed E-state index contributed by atoms with van der Waals surface area (Å²) in [6.45, 7) is 2.59. The fraction of sp³-hybridized carbons (Fsp3) is 0.368. The maximum Gasteiger partial charge on any atom is 0.241 e. The average molecular weight is 377 g/mol. The van der Waals surface area contributed by atoms with Crippen LogP contribution in [0.2, 0.25) is 0 Å². The lowest BCUT2D eigenvalue weighted by Gasteiger charge is -2.29. The Morgan fingerprint density at radius 2 is 1.85 bits per heavy atom. The van der Waals surface area contributed by atoms with Crippen molar-refractivity contribution >= 4 is 10.0 Å². The van der Waals surface area contributed by atoms with Crippen LogP contribution in [-0.2, 0) is 16.4 Å². The summed E-state index contributed by atoms with van der Waals surface area (Å²) in [6.07, 6.45) is 2.45. The topological polar surface area (TPSA) is 64.6 Å². The van der Waals surface area contributed by atoms with E-state index in [0.717, 1.165) is 30.0 Å². The fourth-order valence-electron chi connectivity index (χ4n) is 3.63. The van der Waals surface area contributed by atoms with Crippen LogP contribution in [0.4, 0.5) is 4.39 Å². The molecule has 2 aromatic carbocycles. The molecular weight excluding hydrogens is 357 g/mol. The number of benzene rings is 2. The highest BCUT2D eigenvalue weighted by atomic mass is 32.2. The Kier molecular flexibility index (Phi) is 4.36. The van der Waals surface area contributed by atoms with E-state index in [2.05, 4.69) is 4.72 Å². The molecular formula is C19H20FNO4S. The molecule has 2 aromatic rings. The van der Waals surface area contributed by atoms with E-state index in [4.69, 9.17) is 9.47 Å². The van der Waals surface area contributed by atoms with Crippen molar-refractivity contribution < 1.29 is 22.3 Å². The summed E-state index contributed by atoms with van der Waals surface area (Å²) in [5, 5.41) is 0. The van der Waals surface area contributed by atoms with Crippen molar-refractivity contribution in [3.63, 3.8) is 0 Å². The van der Waals surface area contributed by atoms with Crippen molar-refractivity contribution in [3.05, 3.63) is 52.8 Å². The first kappa shape index (κ1) is 17.3.